The highest BCUT2D eigenvalue weighted by atomic mass is 32.1. The minimum Gasteiger partial charge on any atom is -0.352 e. The van der Waals surface area contributed by atoms with E-state index in [9.17, 15) is 9.59 Å². The summed E-state index contributed by atoms with van der Waals surface area (Å²) in [5.41, 5.74) is 1.01. The summed E-state index contributed by atoms with van der Waals surface area (Å²) in [5.74, 6) is 0.303. The average molecular weight is 387 g/mol. The Kier molecular flexibility index (Phi) is 5.41. The van der Waals surface area contributed by atoms with Gasteiger partial charge in [-0.2, -0.15) is 0 Å². The van der Waals surface area contributed by atoms with Crippen molar-refractivity contribution in [2.45, 2.75) is 44.7 Å². The minimum atomic E-state index is -0.120. The van der Waals surface area contributed by atoms with Gasteiger partial charge in [0.2, 0.25) is 11.8 Å². The van der Waals surface area contributed by atoms with Crippen molar-refractivity contribution in [2.75, 3.05) is 26.2 Å². The number of thiazole rings is 1. The van der Waals surface area contributed by atoms with Crippen LogP contribution in [0.1, 0.15) is 31.2 Å². The molecule has 2 fully saturated rings. The Hall–Kier alpha value is -1.99. The number of carbonyl (C=O) groups excluding carboxylic acids is 2. The Morgan fingerprint density at radius 2 is 1.96 bits per heavy atom. The summed E-state index contributed by atoms with van der Waals surface area (Å²) in [6, 6.07) is 8.36. The van der Waals surface area contributed by atoms with E-state index in [1.165, 1.54) is 4.70 Å². The zero-order chi connectivity index (χ0) is 18.8. The summed E-state index contributed by atoms with van der Waals surface area (Å²) in [4.78, 5) is 33.5. The standard InChI is InChI=1S/C20H26N4O2S/c1-14(20(26)21-15-6-7-15)23-10-12-24(13-11-23)19(25)9-8-18-22-16-4-2-3-5-17(16)27-18/h2-5,14-15H,6-13H2,1H3,(H,21,26). The van der Waals surface area contributed by atoms with Crippen LogP contribution in [0.25, 0.3) is 10.2 Å². The van der Waals surface area contributed by atoms with Crippen LogP contribution >= 0.6 is 11.3 Å². The Labute approximate surface area is 163 Å². The van der Waals surface area contributed by atoms with Gasteiger partial charge in [-0.3, -0.25) is 14.5 Å². The number of aryl methyl sites for hydroxylation is 1. The number of nitrogens with zero attached hydrogens (tertiary/aromatic N) is 3. The summed E-state index contributed by atoms with van der Waals surface area (Å²) in [5, 5.41) is 4.09. The van der Waals surface area contributed by atoms with Crippen molar-refractivity contribution < 1.29 is 9.59 Å². The summed E-state index contributed by atoms with van der Waals surface area (Å²) >= 11 is 1.67. The predicted octanol–water partition coefficient (Wildman–Crippen LogP) is 2.04. The Bertz CT molecular complexity index is 791. The number of para-hydroxylation sites is 1. The summed E-state index contributed by atoms with van der Waals surface area (Å²) < 4.78 is 1.17. The third kappa shape index (κ3) is 4.47. The summed E-state index contributed by atoms with van der Waals surface area (Å²) in [7, 11) is 0. The maximum atomic E-state index is 12.6. The molecule has 1 N–H and O–H groups in total. The molecule has 27 heavy (non-hydrogen) atoms. The third-order valence-corrected chi connectivity index (χ3v) is 6.50. The molecular weight excluding hydrogens is 360 g/mol. The van der Waals surface area contributed by atoms with Crippen molar-refractivity contribution in [2.24, 2.45) is 0 Å². The second-order valence-corrected chi connectivity index (χ2v) is 8.57. The molecule has 0 spiro atoms. The fourth-order valence-electron chi connectivity index (χ4n) is 3.47. The lowest BCUT2D eigenvalue weighted by molar-refractivity contribution is -0.134. The molecule has 1 unspecified atom stereocenters. The number of rotatable bonds is 6. The largest absolute Gasteiger partial charge is 0.352 e. The maximum Gasteiger partial charge on any atom is 0.237 e. The zero-order valence-corrected chi connectivity index (χ0v) is 16.5. The molecule has 1 saturated carbocycles. The highest BCUT2D eigenvalue weighted by Crippen LogP contribution is 2.23. The van der Waals surface area contributed by atoms with Crippen molar-refractivity contribution in [1.82, 2.24) is 20.1 Å². The molecule has 6 nitrogen and oxygen atoms in total. The van der Waals surface area contributed by atoms with Gasteiger partial charge in [0.05, 0.1) is 21.3 Å². The van der Waals surface area contributed by atoms with E-state index in [-0.39, 0.29) is 17.9 Å². The smallest absolute Gasteiger partial charge is 0.237 e. The fraction of sp³-hybridized carbons (Fsp3) is 0.550. The number of hydrogen-bond acceptors (Lipinski definition) is 5. The number of carbonyl (C=O) groups is 2. The van der Waals surface area contributed by atoms with E-state index in [0.717, 1.165) is 36.5 Å². The Morgan fingerprint density at radius 1 is 1.22 bits per heavy atom. The average Bonchev–Trinajstić information content (AvgIpc) is 3.41. The van der Waals surface area contributed by atoms with E-state index in [1.54, 1.807) is 11.3 Å². The molecule has 0 radical (unpaired) electrons. The van der Waals surface area contributed by atoms with Gasteiger partial charge >= 0.3 is 0 Å². The van der Waals surface area contributed by atoms with Crippen LogP contribution in [0.3, 0.4) is 0 Å². The SMILES string of the molecule is CC(C(=O)NC1CC1)N1CCN(C(=O)CCc2nc3ccccc3s2)CC1. The lowest BCUT2D eigenvalue weighted by atomic mass is 10.2. The van der Waals surface area contributed by atoms with Gasteiger partial charge in [-0.1, -0.05) is 12.1 Å². The second-order valence-electron chi connectivity index (χ2n) is 7.45. The molecule has 1 saturated heterocycles. The van der Waals surface area contributed by atoms with Crippen molar-refractivity contribution in [3.8, 4) is 0 Å². The van der Waals surface area contributed by atoms with Gasteiger partial charge in [-0.25, -0.2) is 4.98 Å². The van der Waals surface area contributed by atoms with Gasteiger partial charge in [-0.15, -0.1) is 11.3 Å². The number of hydrogen-bond donors (Lipinski definition) is 1. The first-order valence-electron chi connectivity index (χ1n) is 9.77. The maximum absolute atomic E-state index is 12.6. The van der Waals surface area contributed by atoms with Crippen LogP contribution in [0.4, 0.5) is 0 Å². The fourth-order valence-corrected chi connectivity index (χ4v) is 4.44. The summed E-state index contributed by atoms with van der Waals surface area (Å²) in [6.07, 6.45) is 3.40. The number of amides is 2. The van der Waals surface area contributed by atoms with Gasteiger partial charge in [0.1, 0.15) is 0 Å². The molecule has 1 aromatic carbocycles. The van der Waals surface area contributed by atoms with Gasteiger partial charge in [0, 0.05) is 45.1 Å². The normalized spacial score (nSPS) is 19.2. The molecule has 0 bridgehead atoms. The van der Waals surface area contributed by atoms with Crippen LogP contribution in [-0.4, -0.2) is 64.9 Å². The lowest BCUT2D eigenvalue weighted by Gasteiger charge is -2.37. The van der Waals surface area contributed by atoms with Gasteiger partial charge in [-0.05, 0) is 31.9 Å². The van der Waals surface area contributed by atoms with Crippen LogP contribution in [0.5, 0.6) is 0 Å². The first kappa shape index (κ1) is 18.4. The molecule has 2 heterocycles. The summed E-state index contributed by atoms with van der Waals surface area (Å²) in [6.45, 7) is 4.86. The van der Waals surface area contributed by atoms with Crippen LogP contribution in [0.15, 0.2) is 24.3 Å². The molecule has 144 valence electrons. The van der Waals surface area contributed by atoms with E-state index < -0.39 is 0 Å². The molecule has 4 rings (SSSR count). The number of aromatic nitrogens is 1. The van der Waals surface area contributed by atoms with Crippen molar-refractivity contribution >= 4 is 33.4 Å². The van der Waals surface area contributed by atoms with Gasteiger partial charge in [0.25, 0.3) is 0 Å². The first-order valence-corrected chi connectivity index (χ1v) is 10.6. The monoisotopic (exact) mass is 386 g/mol. The number of piperazine rings is 1. The van der Waals surface area contributed by atoms with Crippen molar-refractivity contribution in [3.63, 3.8) is 0 Å². The van der Waals surface area contributed by atoms with E-state index in [4.69, 9.17) is 0 Å². The van der Waals surface area contributed by atoms with Crippen molar-refractivity contribution in [3.05, 3.63) is 29.3 Å². The van der Waals surface area contributed by atoms with E-state index in [0.29, 0.717) is 32.0 Å². The highest BCUT2D eigenvalue weighted by molar-refractivity contribution is 7.18. The van der Waals surface area contributed by atoms with Crippen LogP contribution in [-0.2, 0) is 16.0 Å². The van der Waals surface area contributed by atoms with Crippen molar-refractivity contribution in [1.29, 1.82) is 0 Å². The molecule has 7 heteroatoms. The van der Waals surface area contributed by atoms with Gasteiger partial charge < -0.3 is 10.2 Å². The number of fused-ring (bicyclic) bond motifs is 1. The number of benzene rings is 1. The van der Waals surface area contributed by atoms with Crippen LogP contribution in [0.2, 0.25) is 0 Å². The Morgan fingerprint density at radius 3 is 2.67 bits per heavy atom. The topological polar surface area (TPSA) is 65.5 Å². The number of nitrogens with one attached hydrogen (secondary N) is 1. The molecular formula is C20H26N4O2S. The lowest BCUT2D eigenvalue weighted by Crippen LogP contribution is -2.55. The molecule has 2 aromatic rings. The first-order chi connectivity index (χ1) is 13.1. The molecule has 1 aliphatic heterocycles. The molecule has 2 amide bonds. The van der Waals surface area contributed by atoms with Gasteiger partial charge in [0.15, 0.2) is 0 Å². The zero-order valence-electron chi connectivity index (χ0n) is 15.7. The van der Waals surface area contributed by atoms with Crippen LogP contribution < -0.4 is 5.32 Å². The van der Waals surface area contributed by atoms with Crippen LogP contribution in [0, 0.1) is 0 Å². The molecule has 2 aliphatic rings. The van der Waals surface area contributed by atoms with E-state index >= 15 is 0 Å². The minimum absolute atomic E-state index is 0.119. The predicted molar refractivity (Wildman–Crippen MR) is 107 cm³/mol. The van der Waals surface area contributed by atoms with E-state index in [2.05, 4.69) is 21.3 Å². The second kappa shape index (κ2) is 7.94. The molecule has 1 atom stereocenters. The molecule has 1 aliphatic carbocycles. The Balaban J connectivity index is 1.23. The highest BCUT2D eigenvalue weighted by Gasteiger charge is 2.30. The van der Waals surface area contributed by atoms with E-state index in [1.807, 2.05) is 30.0 Å². The third-order valence-electron chi connectivity index (χ3n) is 5.41. The quantitative estimate of drug-likeness (QED) is 0.825. The molecule has 1 aromatic heterocycles.